The van der Waals surface area contributed by atoms with Crippen molar-refractivity contribution in [1.82, 2.24) is 4.98 Å². The lowest BCUT2D eigenvalue weighted by molar-refractivity contribution is 0.0689. The smallest absolute Gasteiger partial charge is 0.353 e. The first-order chi connectivity index (χ1) is 8.06. The molecule has 2 rings (SSSR count). The normalized spacial score (nSPS) is 10.1. The van der Waals surface area contributed by atoms with Gasteiger partial charge in [0.2, 0.25) is 5.43 Å². The van der Waals surface area contributed by atoms with E-state index in [1.165, 1.54) is 12.1 Å². The van der Waals surface area contributed by atoms with Gasteiger partial charge in [0.05, 0.1) is 15.6 Å². The van der Waals surface area contributed by atoms with Crippen LogP contribution >= 0.6 is 15.9 Å². The van der Waals surface area contributed by atoms with Gasteiger partial charge < -0.3 is 10.1 Å². The second-order valence-electron chi connectivity index (χ2n) is 3.29. The number of nitrogens with zero attached hydrogens (tertiary/aromatic N) is 1. The number of rotatable bonds is 1. The summed E-state index contributed by atoms with van der Waals surface area (Å²) in [5.41, 5.74) is -0.242. The van der Waals surface area contributed by atoms with Gasteiger partial charge in [-0.15, -0.1) is 0 Å². The highest BCUT2D eigenvalue weighted by Crippen LogP contribution is 2.18. The van der Waals surface area contributed by atoms with Crippen LogP contribution in [0.5, 0.6) is 0 Å². The predicted molar refractivity (Wildman–Crippen MR) is 63.9 cm³/mol. The summed E-state index contributed by atoms with van der Waals surface area (Å²) in [6.45, 7) is 0. The maximum Gasteiger partial charge on any atom is 0.353 e. The summed E-state index contributed by atoms with van der Waals surface area (Å²) in [7, 11) is 0. The van der Waals surface area contributed by atoms with Gasteiger partial charge in [-0.2, -0.15) is 5.26 Å². The molecule has 1 aromatic carbocycles. The number of aromatic nitrogens is 1. The Morgan fingerprint density at radius 1 is 1.47 bits per heavy atom. The molecule has 0 radical (unpaired) electrons. The van der Waals surface area contributed by atoms with E-state index < -0.39 is 11.4 Å². The Balaban J connectivity index is 3.03. The zero-order chi connectivity index (χ0) is 12.6. The third kappa shape index (κ3) is 1.70. The van der Waals surface area contributed by atoms with Crippen LogP contribution in [0.4, 0.5) is 0 Å². The van der Waals surface area contributed by atoms with Crippen molar-refractivity contribution >= 4 is 32.8 Å². The molecule has 0 saturated heterocycles. The van der Waals surface area contributed by atoms with E-state index in [0.29, 0.717) is 0 Å². The van der Waals surface area contributed by atoms with E-state index in [0.717, 1.165) is 0 Å². The predicted octanol–water partition coefficient (Wildman–Crippen LogP) is 1.86. The second-order valence-corrected chi connectivity index (χ2v) is 4.08. The number of hydrogen-bond acceptors (Lipinski definition) is 3. The van der Waals surface area contributed by atoms with Crippen molar-refractivity contribution in [3.63, 3.8) is 0 Å². The zero-order valence-electron chi connectivity index (χ0n) is 8.32. The van der Waals surface area contributed by atoms with Crippen molar-refractivity contribution in [1.29, 1.82) is 5.26 Å². The standard InChI is InChI=1S/C11H5BrN2O3/c12-7-9(11(16)17)14-8-5(4-13)2-1-3-6(8)10(7)15/h1-3H,(H,14,15)(H,16,17). The molecule has 0 aliphatic carbocycles. The molecule has 5 nitrogen and oxygen atoms in total. The van der Waals surface area contributed by atoms with E-state index in [2.05, 4.69) is 20.9 Å². The summed E-state index contributed by atoms with van der Waals surface area (Å²) in [5, 5.41) is 18.1. The molecule has 0 bridgehead atoms. The average molecular weight is 293 g/mol. The van der Waals surface area contributed by atoms with Crippen LogP contribution in [0.15, 0.2) is 27.5 Å². The first kappa shape index (κ1) is 11.4. The minimum atomic E-state index is -1.26. The number of benzene rings is 1. The fourth-order valence-corrected chi connectivity index (χ4v) is 2.01. The van der Waals surface area contributed by atoms with Crippen molar-refractivity contribution in [3.8, 4) is 6.07 Å². The number of aromatic amines is 1. The summed E-state index contributed by atoms with van der Waals surface area (Å²) >= 11 is 2.94. The quantitative estimate of drug-likeness (QED) is 0.839. The monoisotopic (exact) mass is 292 g/mol. The molecule has 0 unspecified atom stereocenters. The van der Waals surface area contributed by atoms with Crippen LogP contribution in [0.1, 0.15) is 16.1 Å². The molecule has 17 heavy (non-hydrogen) atoms. The largest absolute Gasteiger partial charge is 0.477 e. The topological polar surface area (TPSA) is 93.9 Å². The van der Waals surface area contributed by atoms with E-state index in [4.69, 9.17) is 10.4 Å². The fraction of sp³-hybridized carbons (Fsp3) is 0. The van der Waals surface area contributed by atoms with Crippen molar-refractivity contribution in [2.24, 2.45) is 0 Å². The number of hydrogen-bond donors (Lipinski definition) is 2. The number of nitriles is 1. The molecular formula is C11H5BrN2O3. The van der Waals surface area contributed by atoms with Crippen LogP contribution in [0.3, 0.4) is 0 Å². The lowest BCUT2D eigenvalue weighted by Crippen LogP contribution is -2.13. The summed E-state index contributed by atoms with van der Waals surface area (Å²) < 4.78 is -0.0485. The van der Waals surface area contributed by atoms with Gasteiger partial charge in [-0.3, -0.25) is 4.79 Å². The van der Waals surface area contributed by atoms with Gasteiger partial charge in [-0.25, -0.2) is 4.79 Å². The molecule has 0 spiro atoms. The highest BCUT2D eigenvalue weighted by Gasteiger charge is 2.16. The van der Waals surface area contributed by atoms with Gasteiger partial charge in [0.25, 0.3) is 0 Å². The molecule has 0 amide bonds. The van der Waals surface area contributed by atoms with Crippen molar-refractivity contribution in [2.45, 2.75) is 0 Å². The molecule has 0 atom stereocenters. The van der Waals surface area contributed by atoms with Gasteiger partial charge in [0.1, 0.15) is 11.8 Å². The Morgan fingerprint density at radius 3 is 2.76 bits per heavy atom. The van der Waals surface area contributed by atoms with Crippen LogP contribution in [-0.4, -0.2) is 16.1 Å². The Morgan fingerprint density at radius 2 is 2.18 bits per heavy atom. The number of pyridine rings is 1. The molecule has 0 aliphatic heterocycles. The van der Waals surface area contributed by atoms with Gasteiger partial charge >= 0.3 is 5.97 Å². The molecule has 1 aromatic heterocycles. The average Bonchev–Trinajstić information content (AvgIpc) is 2.32. The first-order valence-electron chi connectivity index (χ1n) is 4.54. The lowest BCUT2D eigenvalue weighted by atomic mass is 10.1. The number of halogens is 1. The van der Waals surface area contributed by atoms with Crippen molar-refractivity contribution < 1.29 is 9.90 Å². The Bertz CT molecular complexity index is 728. The molecule has 0 saturated carbocycles. The number of nitrogens with one attached hydrogen (secondary N) is 1. The summed E-state index contributed by atoms with van der Waals surface area (Å²) in [6.07, 6.45) is 0. The van der Waals surface area contributed by atoms with E-state index in [9.17, 15) is 9.59 Å². The third-order valence-corrected chi connectivity index (χ3v) is 3.07. The Labute approximate surface area is 103 Å². The number of aromatic carboxylic acids is 1. The van der Waals surface area contributed by atoms with E-state index >= 15 is 0 Å². The molecule has 1 heterocycles. The number of H-pyrrole nitrogens is 1. The van der Waals surface area contributed by atoms with Crippen molar-refractivity contribution in [2.75, 3.05) is 0 Å². The zero-order valence-corrected chi connectivity index (χ0v) is 9.91. The SMILES string of the molecule is N#Cc1cccc2c(=O)c(Br)c(C(=O)O)[nH]c12. The molecule has 2 N–H and O–H groups in total. The molecule has 6 heteroatoms. The molecule has 84 valence electrons. The molecule has 0 aliphatic rings. The lowest BCUT2D eigenvalue weighted by Gasteiger charge is -2.04. The highest BCUT2D eigenvalue weighted by molar-refractivity contribution is 9.10. The number of para-hydroxylation sites is 1. The maximum absolute atomic E-state index is 11.9. The molecule has 0 fully saturated rings. The van der Waals surface area contributed by atoms with Crippen LogP contribution in [0.25, 0.3) is 10.9 Å². The number of carboxylic acid groups (broad SMARTS) is 1. The Kier molecular flexibility index (Phi) is 2.69. The van der Waals surface area contributed by atoms with Crippen LogP contribution in [-0.2, 0) is 0 Å². The van der Waals surface area contributed by atoms with Crippen LogP contribution in [0.2, 0.25) is 0 Å². The minimum absolute atomic E-state index is 0.0485. The summed E-state index contributed by atoms with van der Waals surface area (Å²) in [6, 6.07) is 6.52. The number of fused-ring (bicyclic) bond motifs is 1. The second kappa shape index (κ2) is 4.03. The van der Waals surface area contributed by atoms with Gasteiger partial charge in [0, 0.05) is 5.39 Å². The van der Waals surface area contributed by atoms with Crippen LogP contribution < -0.4 is 5.43 Å². The molecule has 2 aromatic rings. The minimum Gasteiger partial charge on any atom is -0.477 e. The summed E-state index contributed by atoms with van der Waals surface area (Å²) in [4.78, 5) is 25.4. The number of carboxylic acids is 1. The molecular weight excluding hydrogens is 288 g/mol. The van der Waals surface area contributed by atoms with Crippen molar-refractivity contribution in [3.05, 3.63) is 44.2 Å². The van der Waals surface area contributed by atoms with E-state index in [1.54, 1.807) is 6.07 Å². The van der Waals surface area contributed by atoms with Crippen LogP contribution in [0, 0.1) is 11.3 Å². The summed E-state index contributed by atoms with van der Waals surface area (Å²) in [5.74, 6) is -1.26. The fourth-order valence-electron chi connectivity index (χ4n) is 1.53. The van der Waals surface area contributed by atoms with E-state index in [-0.39, 0.29) is 26.6 Å². The van der Waals surface area contributed by atoms with Gasteiger partial charge in [0.15, 0.2) is 0 Å². The number of carbonyl (C=O) groups is 1. The first-order valence-corrected chi connectivity index (χ1v) is 5.33. The van der Waals surface area contributed by atoms with E-state index in [1.807, 2.05) is 6.07 Å². The Hall–Kier alpha value is -2.13. The van der Waals surface area contributed by atoms with Gasteiger partial charge in [-0.05, 0) is 28.1 Å². The maximum atomic E-state index is 11.9. The van der Waals surface area contributed by atoms with Gasteiger partial charge in [-0.1, -0.05) is 6.07 Å². The third-order valence-electron chi connectivity index (χ3n) is 2.31. The highest BCUT2D eigenvalue weighted by atomic mass is 79.9.